The number of rotatable bonds is 16. The van der Waals surface area contributed by atoms with Crippen LogP contribution in [0.2, 0.25) is 0 Å². The van der Waals surface area contributed by atoms with Crippen molar-refractivity contribution in [3.63, 3.8) is 0 Å². The van der Waals surface area contributed by atoms with Crippen molar-refractivity contribution in [1.82, 2.24) is 10.6 Å². The van der Waals surface area contributed by atoms with E-state index in [1.807, 2.05) is 12.1 Å². The number of fused-ring (bicyclic) bond motifs is 5. The topological polar surface area (TPSA) is 142 Å². The van der Waals surface area contributed by atoms with Gasteiger partial charge in [-0.1, -0.05) is 57.2 Å². The van der Waals surface area contributed by atoms with E-state index in [0.717, 1.165) is 56.1 Å². The molecule has 280 valence electrons. The lowest BCUT2D eigenvalue weighted by Gasteiger charge is -2.53. The number of unbranched alkanes of at least 4 members (excludes halogenated alkanes) is 1. The molecule has 2 amide bonds. The van der Waals surface area contributed by atoms with Crippen molar-refractivity contribution in [3.8, 4) is 5.75 Å². The highest BCUT2D eigenvalue weighted by atomic mass is 32.2. The average molecular weight is 727 g/mol. The highest BCUT2D eigenvalue weighted by Gasteiger charge is 2.56. The number of nitrogens with one attached hydrogen (secondary N) is 2. The Morgan fingerprint density at radius 1 is 1.02 bits per heavy atom. The van der Waals surface area contributed by atoms with Crippen molar-refractivity contribution < 1.29 is 37.9 Å². The van der Waals surface area contributed by atoms with E-state index in [4.69, 9.17) is 4.74 Å². The maximum Gasteiger partial charge on any atom is 0.413 e. The van der Waals surface area contributed by atoms with E-state index in [1.165, 1.54) is 5.56 Å². The Morgan fingerprint density at radius 3 is 2.47 bits per heavy atom. The van der Waals surface area contributed by atoms with E-state index in [-0.39, 0.29) is 30.5 Å². The Labute approximate surface area is 304 Å². The smallest absolute Gasteiger partial charge is 0.413 e. The second kappa shape index (κ2) is 17.5. The molecular weight excluding hydrogens is 672 g/mol. The standard InChI is InChI=1S/C40H55FN2O7S/c1-25(2)36(37(45)42-33(38(46)47)22-26-10-5-4-6-11-26)43-39(48)50-29-13-14-30-28(24-29)23-27(12-9-21-51(49)20-8-7-19-41)35-31(30)17-18-40(3)32(35)15-16-34(40)44/h4-6,10-11,13-14,24-25,27,31-36,44H,7-9,12,15-23H2,1-3H3,(H,42,45)(H,43,48)(H,46,47)/t27-,31-,32+,33+,34+,35-,36+,40+,51?/m1/s1. The van der Waals surface area contributed by atoms with Crippen LogP contribution in [0.1, 0.15) is 94.7 Å². The second-order valence-electron chi connectivity index (χ2n) is 15.5. The molecule has 3 aliphatic rings. The maximum atomic E-state index is 13.3. The molecule has 0 aliphatic heterocycles. The van der Waals surface area contributed by atoms with Crippen molar-refractivity contribution in [3.05, 3.63) is 65.2 Å². The molecule has 2 aromatic rings. The van der Waals surface area contributed by atoms with Crippen molar-refractivity contribution in [1.29, 1.82) is 0 Å². The number of aliphatic hydroxyl groups excluding tert-OH is 1. The molecule has 0 radical (unpaired) electrons. The van der Waals surface area contributed by atoms with E-state index in [9.17, 15) is 33.2 Å². The molecule has 2 aromatic carbocycles. The first-order chi connectivity index (χ1) is 24.4. The van der Waals surface area contributed by atoms with Gasteiger partial charge in [0.2, 0.25) is 5.91 Å². The SMILES string of the molecule is CC(C)[C@H](NC(=O)Oc1ccc2c(c1)C[C@@H](CCCS(=O)CCCCF)[C@@H]1[C@@H]2CC[C@]2(C)[C@@H](O)CC[C@@H]12)C(=O)N[C@@H](Cc1ccccc1)C(=O)O. The van der Waals surface area contributed by atoms with E-state index in [1.54, 1.807) is 44.2 Å². The molecular formula is C40H55FN2O7S. The molecule has 9 atom stereocenters. The number of carbonyl (C=O) groups excluding carboxylic acids is 2. The molecule has 2 saturated carbocycles. The Balaban J connectivity index is 1.27. The van der Waals surface area contributed by atoms with Gasteiger partial charge in [0.25, 0.3) is 0 Å². The summed E-state index contributed by atoms with van der Waals surface area (Å²) in [6, 6.07) is 12.6. The normalized spacial score (nSPS) is 27.0. The van der Waals surface area contributed by atoms with Crippen LogP contribution in [0, 0.1) is 29.1 Å². The number of hydrogen-bond acceptors (Lipinski definition) is 6. The molecule has 0 heterocycles. The Kier molecular flexibility index (Phi) is 13.3. The van der Waals surface area contributed by atoms with Crippen LogP contribution >= 0.6 is 0 Å². The lowest BCUT2D eigenvalue weighted by Crippen LogP contribution is -2.54. The molecule has 0 bridgehead atoms. The van der Waals surface area contributed by atoms with Crippen LogP contribution in [0.5, 0.6) is 5.75 Å². The first-order valence-corrected chi connectivity index (χ1v) is 20.2. The van der Waals surface area contributed by atoms with Crippen molar-refractivity contribution in [2.45, 2.75) is 109 Å². The van der Waals surface area contributed by atoms with Gasteiger partial charge in [0, 0.05) is 28.7 Å². The number of aliphatic carboxylic acids is 1. The molecule has 5 rings (SSSR count). The third kappa shape index (κ3) is 9.38. The molecule has 11 heteroatoms. The first-order valence-electron chi connectivity index (χ1n) is 18.7. The molecule has 0 spiro atoms. The quantitative estimate of drug-likeness (QED) is 0.148. The van der Waals surface area contributed by atoms with Gasteiger partial charge in [0.15, 0.2) is 0 Å². The predicted molar refractivity (Wildman–Crippen MR) is 196 cm³/mol. The lowest BCUT2D eigenvalue weighted by molar-refractivity contribution is -0.142. The van der Waals surface area contributed by atoms with Gasteiger partial charge in [0.05, 0.1) is 12.8 Å². The van der Waals surface area contributed by atoms with Crippen molar-refractivity contribution in [2.75, 3.05) is 18.2 Å². The van der Waals surface area contributed by atoms with Gasteiger partial charge in [-0.25, -0.2) is 9.59 Å². The summed E-state index contributed by atoms with van der Waals surface area (Å²) in [6.45, 7) is 5.41. The van der Waals surface area contributed by atoms with Gasteiger partial charge < -0.3 is 25.6 Å². The van der Waals surface area contributed by atoms with Crippen molar-refractivity contribution >= 4 is 28.8 Å². The van der Waals surface area contributed by atoms with Crippen LogP contribution in [-0.4, -0.2) is 68.8 Å². The molecule has 2 fully saturated rings. The fourth-order valence-corrected chi connectivity index (χ4v) is 10.4. The Hall–Kier alpha value is -3.31. The number of carbonyl (C=O) groups is 3. The number of carboxylic acids is 1. The maximum absolute atomic E-state index is 13.3. The minimum absolute atomic E-state index is 0.0987. The van der Waals surface area contributed by atoms with Crippen LogP contribution in [0.4, 0.5) is 9.18 Å². The van der Waals surface area contributed by atoms with Crippen LogP contribution in [0.25, 0.3) is 0 Å². The zero-order valence-electron chi connectivity index (χ0n) is 30.2. The number of ether oxygens (including phenoxy) is 1. The number of alkyl halides is 1. The molecule has 0 saturated heterocycles. The fourth-order valence-electron chi connectivity index (χ4n) is 9.16. The summed E-state index contributed by atoms with van der Waals surface area (Å²) >= 11 is 0. The van der Waals surface area contributed by atoms with Crippen LogP contribution in [0.3, 0.4) is 0 Å². The van der Waals surface area contributed by atoms with Crippen LogP contribution in [0.15, 0.2) is 48.5 Å². The number of hydrogen-bond donors (Lipinski definition) is 4. The highest BCUT2D eigenvalue weighted by molar-refractivity contribution is 7.84. The average Bonchev–Trinajstić information content (AvgIpc) is 3.40. The molecule has 1 unspecified atom stereocenters. The lowest BCUT2D eigenvalue weighted by atomic mass is 9.52. The molecule has 4 N–H and O–H groups in total. The van der Waals surface area contributed by atoms with Gasteiger partial charge in [-0.3, -0.25) is 13.4 Å². The number of amides is 2. The highest BCUT2D eigenvalue weighted by Crippen LogP contribution is 2.62. The van der Waals surface area contributed by atoms with Crippen LogP contribution < -0.4 is 15.4 Å². The number of halogens is 1. The van der Waals surface area contributed by atoms with Gasteiger partial charge in [0.1, 0.15) is 17.8 Å². The summed E-state index contributed by atoms with van der Waals surface area (Å²) in [7, 11) is -0.967. The van der Waals surface area contributed by atoms with Gasteiger partial charge in [-0.05, 0) is 122 Å². The van der Waals surface area contributed by atoms with E-state index < -0.39 is 40.9 Å². The summed E-state index contributed by atoms with van der Waals surface area (Å²) in [4.78, 5) is 38.4. The third-order valence-electron chi connectivity index (χ3n) is 11.9. The van der Waals surface area contributed by atoms with Gasteiger partial charge in [-0.2, -0.15) is 0 Å². The summed E-state index contributed by atoms with van der Waals surface area (Å²) < 4.78 is 30.9. The summed E-state index contributed by atoms with van der Waals surface area (Å²) in [5.41, 5.74) is 3.06. The van der Waals surface area contributed by atoms with E-state index in [2.05, 4.69) is 23.6 Å². The molecule has 9 nitrogen and oxygen atoms in total. The second-order valence-corrected chi connectivity index (χ2v) is 17.2. The summed E-state index contributed by atoms with van der Waals surface area (Å²) in [5, 5.41) is 26.0. The minimum Gasteiger partial charge on any atom is -0.480 e. The number of benzene rings is 2. The largest absolute Gasteiger partial charge is 0.480 e. The zero-order valence-corrected chi connectivity index (χ0v) is 31.0. The molecule has 51 heavy (non-hydrogen) atoms. The first kappa shape index (κ1) is 38.9. The van der Waals surface area contributed by atoms with Gasteiger partial charge in [-0.15, -0.1) is 0 Å². The summed E-state index contributed by atoms with van der Waals surface area (Å²) in [5.74, 6) is 0.869. The molecule has 3 aliphatic carbocycles. The Bertz CT molecular complexity index is 1540. The summed E-state index contributed by atoms with van der Waals surface area (Å²) in [6.07, 6.45) is 6.39. The monoisotopic (exact) mass is 726 g/mol. The van der Waals surface area contributed by atoms with E-state index in [0.29, 0.717) is 53.8 Å². The number of carboxylic acid groups (broad SMARTS) is 1. The minimum atomic E-state index is -1.17. The predicted octanol–water partition coefficient (Wildman–Crippen LogP) is 6.33. The van der Waals surface area contributed by atoms with E-state index >= 15 is 0 Å². The van der Waals surface area contributed by atoms with Crippen LogP contribution in [-0.2, 0) is 33.2 Å². The van der Waals surface area contributed by atoms with Crippen molar-refractivity contribution in [2.24, 2.45) is 29.1 Å². The number of aliphatic hydroxyl groups is 1. The fraction of sp³-hybridized carbons (Fsp3) is 0.625. The third-order valence-corrected chi connectivity index (χ3v) is 13.3. The Morgan fingerprint density at radius 2 is 1.76 bits per heavy atom. The zero-order chi connectivity index (χ0) is 36.7. The van der Waals surface area contributed by atoms with Gasteiger partial charge >= 0.3 is 12.1 Å². The molecule has 0 aromatic heterocycles.